The van der Waals surface area contributed by atoms with Gasteiger partial charge in [-0.1, -0.05) is 43.9 Å². The van der Waals surface area contributed by atoms with Gasteiger partial charge in [0.2, 0.25) is 0 Å². The second-order valence-electron chi connectivity index (χ2n) is 21.7. The number of Topliss-reactive ketones (excluding diaryl/α,β-unsaturated/α-hetero) is 2. The smallest absolute Gasteiger partial charge is 0.150 e. The van der Waals surface area contributed by atoms with Crippen molar-refractivity contribution in [3.8, 4) is 11.8 Å². The molecule has 0 amide bonds. The van der Waals surface area contributed by atoms with Crippen LogP contribution in [0.4, 0.5) is 0 Å². The summed E-state index contributed by atoms with van der Waals surface area (Å²) in [7, 11) is 1.67. The molecule has 9 nitrogen and oxygen atoms in total. The zero-order chi connectivity index (χ0) is 41.0. The third-order valence-corrected chi connectivity index (χ3v) is 18.4. The van der Waals surface area contributed by atoms with Crippen LogP contribution in [0.1, 0.15) is 154 Å². The van der Waals surface area contributed by atoms with Crippen LogP contribution >= 0.6 is 0 Å². The Kier molecular flexibility index (Phi) is 15.3. The van der Waals surface area contributed by atoms with Crippen molar-refractivity contribution < 1.29 is 29.6 Å². The first-order valence-electron chi connectivity index (χ1n) is 25.0. The van der Waals surface area contributed by atoms with Gasteiger partial charge in [-0.2, -0.15) is 0 Å². The van der Waals surface area contributed by atoms with Crippen LogP contribution in [0.5, 0.6) is 0 Å². The minimum atomic E-state index is -0.786. The van der Waals surface area contributed by atoms with E-state index in [1.807, 2.05) is 0 Å². The number of aliphatic hydroxyl groups is 3. The lowest BCUT2D eigenvalue weighted by Gasteiger charge is -2.49. The maximum absolute atomic E-state index is 13.9. The summed E-state index contributed by atoms with van der Waals surface area (Å²) in [6, 6.07) is 0.366. The van der Waals surface area contributed by atoms with Crippen LogP contribution in [0.25, 0.3) is 0 Å². The summed E-state index contributed by atoms with van der Waals surface area (Å²) in [6.45, 7) is 1.95. The molecular weight excluding hydrogens is 739 g/mol. The molecule has 0 aromatic carbocycles. The molecule has 0 bridgehead atoms. The molecule has 19 unspecified atom stereocenters. The molecule has 0 aromatic rings. The monoisotopic (exact) mass is 820 g/mol. The third-order valence-electron chi connectivity index (χ3n) is 18.4. The maximum atomic E-state index is 13.9. The van der Waals surface area contributed by atoms with E-state index >= 15 is 0 Å². The van der Waals surface area contributed by atoms with E-state index in [-0.39, 0.29) is 35.8 Å². The zero-order valence-corrected chi connectivity index (χ0v) is 36.5. The normalized spacial score (nSPS) is 44.4. The lowest BCUT2D eigenvalue weighted by molar-refractivity contribution is -0.125. The molecule has 5 saturated carbocycles. The molecule has 2 aliphatic heterocycles. The number of hydrogen-bond acceptors (Lipinski definition) is 9. The summed E-state index contributed by atoms with van der Waals surface area (Å²) in [6.07, 6.45) is 21.8. The molecule has 0 radical (unpaired) electrons. The highest BCUT2D eigenvalue weighted by Gasteiger charge is 2.46. The highest BCUT2D eigenvalue weighted by Crippen LogP contribution is 2.50. The van der Waals surface area contributed by atoms with Crippen molar-refractivity contribution in [1.29, 1.82) is 0 Å². The van der Waals surface area contributed by atoms with Gasteiger partial charge in [0, 0.05) is 38.3 Å². The van der Waals surface area contributed by atoms with Gasteiger partial charge in [-0.3, -0.25) is 9.59 Å². The number of aliphatic hydroxyl groups excluding tert-OH is 3. The minimum absolute atomic E-state index is 0.0350. The standard InChI is InChI=1S/C50H81N3O6/c1-59-49-24-35-12-19-47(57)42(46(56)18-7-30-6-15-40-37(22-30)29-53-45-27-39(55)14-17-41(40)45)16-11-32(44(35)28-48(49)58)10-13-38(54)26-43(36-20-21-52-50(51)25-36)34-9-8-31-4-2-3-5-33(31)23-34/h30-38,40-46,48-50,52-54,56,58H,2-10,12-15,17-29,51H2,1H3. The summed E-state index contributed by atoms with van der Waals surface area (Å²) in [4.78, 5) is 26.0. The van der Waals surface area contributed by atoms with E-state index in [1.165, 1.54) is 57.8 Å². The Morgan fingerprint density at radius 2 is 1.59 bits per heavy atom. The molecule has 7 fully saturated rings. The highest BCUT2D eigenvalue weighted by molar-refractivity contribution is 5.84. The van der Waals surface area contributed by atoms with Crippen molar-refractivity contribution in [2.45, 2.75) is 191 Å². The van der Waals surface area contributed by atoms with Gasteiger partial charge in [0.1, 0.15) is 17.5 Å². The van der Waals surface area contributed by atoms with E-state index in [2.05, 4.69) is 22.5 Å². The van der Waals surface area contributed by atoms with Gasteiger partial charge in [0.05, 0.1) is 30.6 Å². The molecule has 59 heavy (non-hydrogen) atoms. The van der Waals surface area contributed by atoms with Crippen molar-refractivity contribution >= 4 is 11.6 Å². The van der Waals surface area contributed by atoms with Crippen molar-refractivity contribution in [2.75, 3.05) is 20.2 Å². The fourth-order valence-corrected chi connectivity index (χ4v) is 15.1. The minimum Gasteiger partial charge on any atom is -0.393 e. The summed E-state index contributed by atoms with van der Waals surface area (Å²) in [5.74, 6) is 13.0. The Morgan fingerprint density at radius 1 is 0.763 bits per heavy atom. The fourth-order valence-electron chi connectivity index (χ4n) is 15.1. The van der Waals surface area contributed by atoms with E-state index in [0.717, 1.165) is 82.7 Å². The molecule has 7 N–H and O–H groups in total. The van der Waals surface area contributed by atoms with Gasteiger partial charge in [-0.15, -0.1) is 0 Å². The van der Waals surface area contributed by atoms with Crippen LogP contribution < -0.4 is 16.4 Å². The number of nitrogens with two attached hydrogens (primary N) is 1. The molecule has 0 spiro atoms. The Bertz CT molecular complexity index is 1470. The second kappa shape index (κ2) is 20.4. The van der Waals surface area contributed by atoms with Crippen LogP contribution in [-0.4, -0.2) is 83.7 Å². The van der Waals surface area contributed by atoms with Gasteiger partial charge in [-0.05, 0) is 181 Å². The Hall–Kier alpha value is -1.38. The predicted octanol–water partition coefficient (Wildman–Crippen LogP) is 6.54. The molecule has 8 rings (SSSR count). The summed E-state index contributed by atoms with van der Waals surface area (Å²) < 4.78 is 5.75. The van der Waals surface area contributed by atoms with E-state index in [4.69, 9.17) is 10.5 Å². The van der Waals surface area contributed by atoms with E-state index in [0.29, 0.717) is 91.8 Å². The number of piperidine rings is 2. The maximum Gasteiger partial charge on any atom is 0.150 e. The molecule has 2 heterocycles. The average Bonchev–Trinajstić information content (AvgIpc) is 3.30. The number of methoxy groups -OCH3 is 1. The number of ether oxygens (including phenoxy) is 1. The zero-order valence-electron chi connectivity index (χ0n) is 36.5. The van der Waals surface area contributed by atoms with Gasteiger partial charge < -0.3 is 36.4 Å². The van der Waals surface area contributed by atoms with Crippen molar-refractivity contribution in [1.82, 2.24) is 10.6 Å². The Labute approximate surface area is 356 Å². The first-order chi connectivity index (χ1) is 28.6. The molecular formula is C50H81N3O6. The Balaban J connectivity index is 0.921. The van der Waals surface area contributed by atoms with Crippen molar-refractivity contribution in [2.24, 2.45) is 82.7 Å². The lowest BCUT2D eigenvalue weighted by Crippen LogP contribution is -2.54. The van der Waals surface area contributed by atoms with Crippen LogP contribution in [0, 0.1) is 88.8 Å². The van der Waals surface area contributed by atoms with E-state index in [9.17, 15) is 24.9 Å². The lowest BCUT2D eigenvalue weighted by atomic mass is 9.61. The number of carbonyl (C=O) groups is 2. The molecule has 332 valence electrons. The fraction of sp³-hybridized carbons (Fsp3) is 0.920. The Morgan fingerprint density at radius 3 is 2.42 bits per heavy atom. The van der Waals surface area contributed by atoms with Gasteiger partial charge in [0.25, 0.3) is 0 Å². The quantitative estimate of drug-likeness (QED) is 0.121. The highest BCUT2D eigenvalue weighted by atomic mass is 16.5. The molecule has 8 aliphatic rings. The summed E-state index contributed by atoms with van der Waals surface area (Å²) in [5.41, 5.74) is 6.49. The number of hydrogen-bond donors (Lipinski definition) is 6. The largest absolute Gasteiger partial charge is 0.393 e. The second-order valence-corrected chi connectivity index (χ2v) is 21.7. The van der Waals surface area contributed by atoms with Crippen molar-refractivity contribution in [3.05, 3.63) is 0 Å². The van der Waals surface area contributed by atoms with Gasteiger partial charge in [-0.25, -0.2) is 0 Å². The summed E-state index contributed by atoms with van der Waals surface area (Å²) >= 11 is 0. The first-order valence-corrected chi connectivity index (χ1v) is 25.0. The van der Waals surface area contributed by atoms with Crippen molar-refractivity contribution in [3.63, 3.8) is 0 Å². The van der Waals surface area contributed by atoms with Crippen LogP contribution in [0.2, 0.25) is 0 Å². The predicted molar refractivity (Wildman–Crippen MR) is 231 cm³/mol. The van der Waals surface area contributed by atoms with Crippen LogP contribution in [0.15, 0.2) is 0 Å². The third kappa shape index (κ3) is 10.7. The average molecular weight is 820 g/mol. The number of nitrogens with one attached hydrogen (secondary N) is 2. The molecule has 2 saturated heterocycles. The van der Waals surface area contributed by atoms with Gasteiger partial charge >= 0.3 is 0 Å². The van der Waals surface area contributed by atoms with Gasteiger partial charge in [0.15, 0.2) is 0 Å². The van der Waals surface area contributed by atoms with Crippen LogP contribution in [0.3, 0.4) is 0 Å². The molecule has 0 aromatic heterocycles. The summed E-state index contributed by atoms with van der Waals surface area (Å²) in [5, 5.41) is 42.1. The molecule has 6 aliphatic carbocycles. The molecule has 19 atom stereocenters. The van der Waals surface area contributed by atoms with E-state index < -0.39 is 24.2 Å². The number of carbonyl (C=O) groups excluding carboxylic acids is 2. The number of ketones is 2. The molecule has 9 heteroatoms. The van der Waals surface area contributed by atoms with E-state index in [1.54, 1.807) is 7.11 Å². The topological polar surface area (TPSA) is 154 Å². The SMILES string of the molecule is COC1CC2CCC(=O)C(C(O)CCC3CCC4C(CNC5CC(=O)CCC54)C3)C#CC(CCC(O)CC(C3CCNC(N)C3)C3CCC4CCCCC4C3)C2CC1O. The number of rotatable bonds is 12. The van der Waals surface area contributed by atoms with Crippen LogP contribution in [-0.2, 0) is 14.3 Å². The first kappa shape index (κ1) is 44.2. The number of fused-ring (bicyclic) bond motifs is 5.